The van der Waals surface area contributed by atoms with Gasteiger partial charge in [0.25, 0.3) is 0 Å². The molecule has 2 heterocycles. The summed E-state index contributed by atoms with van der Waals surface area (Å²) in [4.78, 5) is 12.6. The minimum absolute atomic E-state index is 0.326. The van der Waals surface area contributed by atoms with Gasteiger partial charge in [0.05, 0.1) is 28.9 Å². The van der Waals surface area contributed by atoms with Crippen LogP contribution in [-0.4, -0.2) is 29.1 Å². The third kappa shape index (κ3) is 2.94. The van der Waals surface area contributed by atoms with E-state index in [9.17, 15) is 0 Å². The average Bonchev–Trinajstić information content (AvgIpc) is 2.42. The van der Waals surface area contributed by atoms with Gasteiger partial charge in [0, 0.05) is 18.6 Å². The fraction of sp³-hybridized carbons (Fsp3) is 0.250. The molecule has 0 spiro atoms. The maximum Gasteiger partial charge on any atom is 0.237 e. The predicted molar refractivity (Wildman–Crippen MR) is 73.7 cm³/mol. The number of rotatable bonds is 4. The Morgan fingerprint density at radius 1 is 1.16 bits per heavy atom. The summed E-state index contributed by atoms with van der Waals surface area (Å²) in [5.74, 6) is 0.426. The molecule has 0 aliphatic rings. The van der Waals surface area contributed by atoms with Gasteiger partial charge in [-0.3, -0.25) is 9.97 Å². The summed E-state index contributed by atoms with van der Waals surface area (Å²) in [6.07, 6.45) is 4.69. The first-order chi connectivity index (χ1) is 9.17. The third-order valence-electron chi connectivity index (χ3n) is 2.56. The largest absolute Gasteiger partial charge is 0.480 e. The van der Waals surface area contributed by atoms with E-state index in [4.69, 9.17) is 27.9 Å². The van der Waals surface area contributed by atoms with Crippen molar-refractivity contribution in [2.45, 2.75) is 6.04 Å². The van der Waals surface area contributed by atoms with Gasteiger partial charge < -0.3 is 10.1 Å². The fourth-order valence-electron chi connectivity index (χ4n) is 1.73. The monoisotopic (exact) mass is 298 g/mol. The third-order valence-corrected chi connectivity index (χ3v) is 3.07. The molecule has 0 aliphatic carbocycles. The molecule has 2 aromatic heterocycles. The normalized spacial score (nSPS) is 12.2. The molecule has 0 fully saturated rings. The van der Waals surface area contributed by atoms with E-state index in [2.05, 4.69) is 20.3 Å². The number of pyridine rings is 1. The number of nitrogens with zero attached hydrogens (tertiary/aromatic N) is 3. The SMILES string of the molecule is CNC(c1ncc(Cl)cc1Cl)c1nccnc1OC. The molecule has 5 nitrogen and oxygen atoms in total. The van der Waals surface area contributed by atoms with Gasteiger partial charge in [-0.1, -0.05) is 23.2 Å². The lowest BCUT2D eigenvalue weighted by Crippen LogP contribution is -2.21. The van der Waals surface area contributed by atoms with Crippen molar-refractivity contribution in [1.82, 2.24) is 20.3 Å². The molecule has 100 valence electrons. The van der Waals surface area contributed by atoms with Crippen LogP contribution < -0.4 is 10.1 Å². The van der Waals surface area contributed by atoms with E-state index in [0.29, 0.717) is 27.3 Å². The smallest absolute Gasteiger partial charge is 0.237 e. The van der Waals surface area contributed by atoms with Gasteiger partial charge in [-0.2, -0.15) is 0 Å². The first-order valence-electron chi connectivity index (χ1n) is 5.50. The molecule has 19 heavy (non-hydrogen) atoms. The van der Waals surface area contributed by atoms with Crippen molar-refractivity contribution in [3.8, 4) is 5.88 Å². The van der Waals surface area contributed by atoms with Crippen molar-refractivity contribution in [3.63, 3.8) is 0 Å². The molecule has 0 amide bonds. The van der Waals surface area contributed by atoms with Gasteiger partial charge in [-0.25, -0.2) is 4.98 Å². The zero-order chi connectivity index (χ0) is 13.8. The Kier molecular flexibility index (Phi) is 4.52. The molecule has 2 aromatic rings. The van der Waals surface area contributed by atoms with Crippen LogP contribution in [0.15, 0.2) is 24.7 Å². The summed E-state index contributed by atoms with van der Waals surface area (Å²) in [5.41, 5.74) is 1.23. The number of hydrogen-bond donors (Lipinski definition) is 1. The van der Waals surface area contributed by atoms with Crippen LogP contribution in [-0.2, 0) is 0 Å². The summed E-state index contributed by atoms with van der Waals surface area (Å²) < 4.78 is 5.20. The first kappa shape index (κ1) is 14.0. The van der Waals surface area contributed by atoms with Crippen LogP contribution in [0.25, 0.3) is 0 Å². The quantitative estimate of drug-likeness (QED) is 0.940. The molecule has 0 radical (unpaired) electrons. The van der Waals surface area contributed by atoms with E-state index >= 15 is 0 Å². The maximum absolute atomic E-state index is 6.17. The van der Waals surface area contributed by atoms with Gasteiger partial charge in [0.2, 0.25) is 5.88 Å². The van der Waals surface area contributed by atoms with Crippen LogP contribution in [0.2, 0.25) is 10.0 Å². The highest BCUT2D eigenvalue weighted by Crippen LogP contribution is 2.30. The lowest BCUT2D eigenvalue weighted by Gasteiger charge is -2.17. The number of nitrogens with one attached hydrogen (secondary N) is 1. The van der Waals surface area contributed by atoms with Crippen LogP contribution in [0.5, 0.6) is 5.88 Å². The minimum atomic E-state index is -0.326. The lowest BCUT2D eigenvalue weighted by atomic mass is 10.1. The number of ether oxygens (including phenoxy) is 1. The molecular weight excluding hydrogens is 287 g/mol. The topological polar surface area (TPSA) is 59.9 Å². The molecule has 7 heteroatoms. The second-order valence-electron chi connectivity index (χ2n) is 3.69. The molecule has 1 unspecified atom stereocenters. The molecule has 0 saturated carbocycles. The highest BCUT2D eigenvalue weighted by molar-refractivity contribution is 6.34. The Balaban J connectivity index is 2.50. The highest BCUT2D eigenvalue weighted by Gasteiger charge is 2.22. The zero-order valence-corrected chi connectivity index (χ0v) is 11.9. The predicted octanol–water partition coefficient (Wildman–Crippen LogP) is 2.50. The van der Waals surface area contributed by atoms with E-state index in [1.54, 1.807) is 25.5 Å². The van der Waals surface area contributed by atoms with Crippen LogP contribution in [0.1, 0.15) is 17.4 Å². The molecule has 0 saturated heterocycles. The lowest BCUT2D eigenvalue weighted by molar-refractivity contribution is 0.383. The summed E-state index contributed by atoms with van der Waals surface area (Å²) in [6.45, 7) is 0. The Labute approximate surface area is 121 Å². The number of aromatic nitrogens is 3. The summed E-state index contributed by atoms with van der Waals surface area (Å²) >= 11 is 12.0. The second-order valence-corrected chi connectivity index (χ2v) is 4.54. The van der Waals surface area contributed by atoms with E-state index < -0.39 is 0 Å². The van der Waals surface area contributed by atoms with E-state index in [1.807, 2.05) is 0 Å². The minimum Gasteiger partial charge on any atom is -0.480 e. The van der Waals surface area contributed by atoms with Gasteiger partial charge in [0.1, 0.15) is 5.69 Å². The second kappa shape index (κ2) is 6.14. The molecular formula is C12H12Cl2N4O. The molecule has 0 bridgehead atoms. The average molecular weight is 299 g/mol. The fourth-order valence-corrected chi connectivity index (χ4v) is 2.22. The van der Waals surface area contributed by atoms with Crippen LogP contribution in [0.4, 0.5) is 0 Å². The van der Waals surface area contributed by atoms with E-state index in [-0.39, 0.29) is 6.04 Å². The Morgan fingerprint density at radius 3 is 2.53 bits per heavy atom. The van der Waals surface area contributed by atoms with Gasteiger partial charge in [-0.05, 0) is 13.1 Å². The van der Waals surface area contributed by atoms with Gasteiger partial charge in [-0.15, -0.1) is 0 Å². The van der Waals surface area contributed by atoms with Gasteiger partial charge >= 0.3 is 0 Å². The molecule has 1 N–H and O–H groups in total. The summed E-state index contributed by atoms with van der Waals surface area (Å²) in [5, 5.41) is 4.04. The number of methoxy groups -OCH3 is 1. The first-order valence-corrected chi connectivity index (χ1v) is 6.26. The standard InChI is InChI=1S/C12H12Cl2N4O/c1-15-10(9-8(14)5-7(13)6-18-9)11-12(19-2)17-4-3-16-11/h3-6,10,15H,1-2H3. The van der Waals surface area contributed by atoms with E-state index in [1.165, 1.54) is 13.3 Å². The summed E-state index contributed by atoms with van der Waals surface area (Å²) in [6, 6.07) is 1.31. The Hall–Kier alpha value is -1.43. The van der Waals surface area contributed by atoms with Crippen molar-refractivity contribution in [3.05, 3.63) is 46.1 Å². The van der Waals surface area contributed by atoms with Crippen LogP contribution in [0.3, 0.4) is 0 Å². The highest BCUT2D eigenvalue weighted by atomic mass is 35.5. The van der Waals surface area contributed by atoms with Crippen molar-refractivity contribution in [2.24, 2.45) is 0 Å². The molecule has 0 aromatic carbocycles. The van der Waals surface area contributed by atoms with Crippen molar-refractivity contribution in [1.29, 1.82) is 0 Å². The summed E-state index contributed by atoms with van der Waals surface area (Å²) in [7, 11) is 3.32. The molecule has 0 aliphatic heterocycles. The zero-order valence-electron chi connectivity index (χ0n) is 10.4. The maximum atomic E-state index is 6.17. The van der Waals surface area contributed by atoms with E-state index in [0.717, 1.165) is 0 Å². The number of halogens is 2. The Morgan fingerprint density at radius 2 is 1.89 bits per heavy atom. The van der Waals surface area contributed by atoms with Crippen LogP contribution >= 0.6 is 23.2 Å². The van der Waals surface area contributed by atoms with Crippen molar-refractivity contribution < 1.29 is 4.74 Å². The van der Waals surface area contributed by atoms with Gasteiger partial charge in [0.15, 0.2) is 0 Å². The van der Waals surface area contributed by atoms with Crippen molar-refractivity contribution in [2.75, 3.05) is 14.2 Å². The van der Waals surface area contributed by atoms with Crippen LogP contribution in [0, 0.1) is 0 Å². The molecule has 1 atom stereocenters. The number of hydrogen-bond acceptors (Lipinski definition) is 5. The molecule has 2 rings (SSSR count). The Bertz CT molecular complexity index is 579. The van der Waals surface area contributed by atoms with Crippen molar-refractivity contribution >= 4 is 23.2 Å².